The zero-order chi connectivity index (χ0) is 28.7. The molecular weight excluding hydrogens is 540 g/mol. The van der Waals surface area contributed by atoms with Crippen LogP contribution in [0.4, 0.5) is 10.3 Å². The standard InChI is InChI=1S/C22H32N6O8S2/c1-11(17(31)32)21(3,35)9-13(29)23-19-27-25-15(37-19)7-5-6-8-16-26-28-20(38-16)24-14(30)10-22(4,36)12(2)18(33)34/h11-12,35-36H,5-10H2,1-4H3,(H,31,32)(H,33,34)(H,23,27,29)(H,24,28,30)/t11?,12?,21-,22-/m0/s1. The molecule has 38 heavy (non-hydrogen) atoms. The summed E-state index contributed by atoms with van der Waals surface area (Å²) in [6.45, 7) is 5.24. The summed E-state index contributed by atoms with van der Waals surface area (Å²) in [6, 6.07) is 0. The number of carboxylic acids is 2. The molecule has 0 aliphatic heterocycles. The maximum Gasteiger partial charge on any atom is 0.309 e. The maximum atomic E-state index is 12.2. The Hall–Kier alpha value is -3.08. The number of amides is 2. The molecule has 2 heterocycles. The van der Waals surface area contributed by atoms with E-state index in [0.29, 0.717) is 22.9 Å². The van der Waals surface area contributed by atoms with Gasteiger partial charge in [-0.2, -0.15) is 0 Å². The van der Waals surface area contributed by atoms with Gasteiger partial charge in [0, 0.05) is 12.8 Å². The fraction of sp³-hybridized carbons (Fsp3) is 0.636. The van der Waals surface area contributed by atoms with E-state index >= 15 is 0 Å². The molecule has 0 saturated carbocycles. The second-order valence-electron chi connectivity index (χ2n) is 9.49. The molecule has 2 rings (SSSR count). The SMILES string of the molecule is CC(C(=O)O)[C@@](C)(O)CC(=O)Nc1nnc(CCCCc2nnc(NC(=O)C[C@](C)(O)C(C)C(=O)O)s2)s1. The maximum absolute atomic E-state index is 12.2. The molecule has 0 bridgehead atoms. The molecular formula is C22H32N6O8S2. The van der Waals surface area contributed by atoms with E-state index in [1.807, 2.05) is 0 Å². The van der Waals surface area contributed by atoms with Gasteiger partial charge in [-0.05, 0) is 40.5 Å². The molecule has 16 heteroatoms. The number of carboxylic acid groups (broad SMARTS) is 2. The molecule has 2 aromatic heterocycles. The molecule has 2 aromatic rings. The Labute approximate surface area is 226 Å². The van der Waals surface area contributed by atoms with Gasteiger partial charge < -0.3 is 31.1 Å². The normalized spacial score (nSPS) is 16.1. The summed E-state index contributed by atoms with van der Waals surface area (Å²) >= 11 is 2.37. The van der Waals surface area contributed by atoms with Crippen molar-refractivity contribution < 1.29 is 39.6 Å². The molecule has 210 valence electrons. The number of unbranched alkanes of at least 4 members (excludes halogenated alkanes) is 1. The fourth-order valence-electron chi connectivity index (χ4n) is 3.18. The van der Waals surface area contributed by atoms with Gasteiger partial charge in [-0.1, -0.05) is 22.7 Å². The van der Waals surface area contributed by atoms with Crippen LogP contribution in [0.25, 0.3) is 0 Å². The highest BCUT2D eigenvalue weighted by molar-refractivity contribution is 7.15. The van der Waals surface area contributed by atoms with Crippen molar-refractivity contribution in [1.29, 1.82) is 0 Å². The Balaban J connectivity index is 1.75. The van der Waals surface area contributed by atoms with E-state index in [2.05, 4.69) is 31.0 Å². The van der Waals surface area contributed by atoms with Crippen molar-refractivity contribution in [2.24, 2.45) is 11.8 Å². The topological polar surface area (TPSA) is 225 Å². The van der Waals surface area contributed by atoms with Crippen LogP contribution >= 0.6 is 22.7 Å². The van der Waals surface area contributed by atoms with Gasteiger partial charge in [-0.25, -0.2) is 0 Å². The number of nitrogens with one attached hydrogen (secondary N) is 2. The van der Waals surface area contributed by atoms with E-state index < -0.39 is 59.6 Å². The number of aliphatic carboxylic acids is 2. The van der Waals surface area contributed by atoms with E-state index in [1.54, 1.807) is 0 Å². The summed E-state index contributed by atoms with van der Waals surface area (Å²) in [5.74, 6) is -5.78. The van der Waals surface area contributed by atoms with Gasteiger partial charge in [-0.3, -0.25) is 19.2 Å². The minimum atomic E-state index is -1.71. The average molecular weight is 573 g/mol. The Bertz CT molecular complexity index is 1060. The first-order valence-electron chi connectivity index (χ1n) is 11.8. The second kappa shape index (κ2) is 13.1. The average Bonchev–Trinajstić information content (AvgIpc) is 3.43. The molecule has 2 unspecified atom stereocenters. The van der Waals surface area contributed by atoms with Crippen LogP contribution < -0.4 is 10.6 Å². The van der Waals surface area contributed by atoms with Gasteiger partial charge in [0.15, 0.2) is 0 Å². The molecule has 4 atom stereocenters. The van der Waals surface area contributed by atoms with Gasteiger partial charge in [0.25, 0.3) is 0 Å². The van der Waals surface area contributed by atoms with E-state index in [4.69, 9.17) is 10.2 Å². The molecule has 0 radical (unpaired) electrons. The molecule has 0 fully saturated rings. The zero-order valence-electron chi connectivity index (χ0n) is 21.4. The van der Waals surface area contributed by atoms with Gasteiger partial charge in [0.2, 0.25) is 22.1 Å². The van der Waals surface area contributed by atoms with Crippen LogP contribution in [0.1, 0.15) is 63.4 Å². The molecule has 0 aliphatic carbocycles. The van der Waals surface area contributed by atoms with Crippen molar-refractivity contribution in [2.75, 3.05) is 10.6 Å². The van der Waals surface area contributed by atoms with Gasteiger partial charge >= 0.3 is 11.9 Å². The monoisotopic (exact) mass is 572 g/mol. The van der Waals surface area contributed by atoms with Crippen LogP contribution in [0, 0.1) is 11.8 Å². The lowest BCUT2D eigenvalue weighted by Crippen LogP contribution is -2.41. The molecule has 0 aliphatic rings. The highest BCUT2D eigenvalue weighted by Gasteiger charge is 2.37. The van der Waals surface area contributed by atoms with Gasteiger partial charge in [0.1, 0.15) is 10.0 Å². The van der Waals surface area contributed by atoms with Crippen molar-refractivity contribution in [2.45, 2.75) is 77.4 Å². The second-order valence-corrected chi connectivity index (χ2v) is 11.6. The lowest BCUT2D eigenvalue weighted by atomic mass is 9.87. The number of rotatable bonds is 15. The number of aliphatic hydroxyl groups is 2. The van der Waals surface area contributed by atoms with E-state index in [9.17, 15) is 29.4 Å². The molecule has 2 amide bonds. The number of aryl methyl sites for hydroxylation is 2. The molecule has 0 aromatic carbocycles. The minimum absolute atomic E-state index is 0.255. The van der Waals surface area contributed by atoms with Crippen LogP contribution in [-0.2, 0) is 32.0 Å². The zero-order valence-corrected chi connectivity index (χ0v) is 23.1. The predicted molar refractivity (Wildman–Crippen MR) is 138 cm³/mol. The lowest BCUT2D eigenvalue weighted by Gasteiger charge is -2.26. The first-order chi connectivity index (χ1) is 17.6. The van der Waals surface area contributed by atoms with Crippen molar-refractivity contribution in [3.63, 3.8) is 0 Å². The third-order valence-corrected chi connectivity index (χ3v) is 7.90. The molecule has 14 nitrogen and oxygen atoms in total. The Kier molecular flexibility index (Phi) is 10.8. The Morgan fingerprint density at radius 2 is 1.08 bits per heavy atom. The summed E-state index contributed by atoms with van der Waals surface area (Å²) in [5, 5.41) is 61.4. The van der Waals surface area contributed by atoms with Crippen LogP contribution in [0.3, 0.4) is 0 Å². The molecule has 0 saturated heterocycles. The quantitative estimate of drug-likeness (QED) is 0.167. The smallest absolute Gasteiger partial charge is 0.309 e. The van der Waals surface area contributed by atoms with E-state index in [1.165, 1.54) is 50.4 Å². The number of nitrogens with zero attached hydrogens (tertiary/aromatic N) is 4. The van der Waals surface area contributed by atoms with Crippen LogP contribution in [-0.4, -0.2) is 75.8 Å². The highest BCUT2D eigenvalue weighted by atomic mass is 32.1. The Morgan fingerprint density at radius 1 is 0.737 bits per heavy atom. The van der Waals surface area contributed by atoms with Gasteiger partial charge in [0.05, 0.1) is 35.9 Å². The predicted octanol–water partition coefficient (Wildman–Crippen LogP) is 1.56. The number of carbonyl (C=O) groups is 4. The van der Waals surface area contributed by atoms with Crippen molar-refractivity contribution in [1.82, 2.24) is 20.4 Å². The van der Waals surface area contributed by atoms with Crippen molar-refractivity contribution >= 4 is 56.7 Å². The summed E-state index contributed by atoms with van der Waals surface area (Å²) in [7, 11) is 0. The fourth-order valence-corrected chi connectivity index (χ4v) is 4.77. The largest absolute Gasteiger partial charge is 0.481 e. The number of aromatic nitrogens is 4. The number of carbonyl (C=O) groups excluding carboxylic acids is 2. The third-order valence-electron chi connectivity index (χ3n) is 6.10. The van der Waals surface area contributed by atoms with Gasteiger partial charge in [-0.15, -0.1) is 20.4 Å². The Morgan fingerprint density at radius 3 is 1.39 bits per heavy atom. The molecule has 0 spiro atoms. The van der Waals surface area contributed by atoms with Crippen molar-refractivity contribution in [3.8, 4) is 0 Å². The van der Waals surface area contributed by atoms with Crippen LogP contribution in [0.15, 0.2) is 0 Å². The molecule has 6 N–H and O–H groups in total. The van der Waals surface area contributed by atoms with Crippen LogP contribution in [0.2, 0.25) is 0 Å². The summed E-state index contributed by atoms with van der Waals surface area (Å²) in [4.78, 5) is 46.5. The van der Waals surface area contributed by atoms with Crippen molar-refractivity contribution in [3.05, 3.63) is 10.0 Å². The minimum Gasteiger partial charge on any atom is -0.481 e. The summed E-state index contributed by atoms with van der Waals surface area (Å²) < 4.78 is 0. The number of hydrogen-bond acceptors (Lipinski definition) is 12. The van der Waals surface area contributed by atoms with E-state index in [-0.39, 0.29) is 10.3 Å². The number of hydrogen-bond donors (Lipinski definition) is 6. The first kappa shape index (κ1) is 31.1. The highest BCUT2D eigenvalue weighted by Crippen LogP contribution is 2.25. The summed E-state index contributed by atoms with van der Waals surface area (Å²) in [6.07, 6.45) is 1.87. The lowest BCUT2D eigenvalue weighted by molar-refractivity contribution is -0.152. The first-order valence-corrected chi connectivity index (χ1v) is 13.4. The summed E-state index contributed by atoms with van der Waals surface area (Å²) in [5.41, 5.74) is -3.43. The third kappa shape index (κ3) is 9.34. The number of anilines is 2. The van der Waals surface area contributed by atoms with Crippen LogP contribution in [0.5, 0.6) is 0 Å². The van der Waals surface area contributed by atoms with E-state index in [0.717, 1.165) is 12.8 Å².